The molecule has 4 N–H and O–H groups in total. The Morgan fingerprint density at radius 1 is 0.778 bits per heavy atom. The van der Waals surface area contributed by atoms with Gasteiger partial charge in [0.25, 0.3) is 0 Å². The van der Waals surface area contributed by atoms with Crippen molar-refractivity contribution in [3.63, 3.8) is 0 Å². The number of phenols is 4. The van der Waals surface area contributed by atoms with Gasteiger partial charge in [0.1, 0.15) is 23.0 Å². The highest BCUT2D eigenvalue weighted by Crippen LogP contribution is 2.29. The summed E-state index contributed by atoms with van der Waals surface area (Å²) in [6, 6.07) is 10.7. The second-order valence-corrected chi connectivity index (χ2v) is 3.35. The summed E-state index contributed by atoms with van der Waals surface area (Å²) < 4.78 is 0. The molecular weight excluding hydrogens is 236 g/mol. The molecule has 0 saturated carbocycles. The van der Waals surface area contributed by atoms with Crippen molar-refractivity contribution in [3.8, 4) is 23.0 Å². The lowest BCUT2D eigenvalue weighted by atomic mass is 10.2. The molecule has 0 aliphatic heterocycles. The first kappa shape index (κ1) is 13.4. The summed E-state index contributed by atoms with van der Waals surface area (Å²) in [4.78, 5) is 10.2. The summed E-state index contributed by atoms with van der Waals surface area (Å²) in [5.41, 5.74) is -0.220. The van der Waals surface area contributed by atoms with Gasteiger partial charge in [-0.15, -0.1) is 0 Å². The van der Waals surface area contributed by atoms with Gasteiger partial charge in [-0.1, -0.05) is 18.2 Å². The van der Waals surface area contributed by atoms with Crippen molar-refractivity contribution in [2.75, 3.05) is 0 Å². The first-order valence-corrected chi connectivity index (χ1v) is 4.98. The van der Waals surface area contributed by atoms with Crippen LogP contribution in [-0.4, -0.2) is 26.7 Å². The number of carbonyl (C=O) groups is 1. The van der Waals surface area contributed by atoms with E-state index in [2.05, 4.69) is 0 Å². The van der Waals surface area contributed by atoms with Gasteiger partial charge in [0.2, 0.25) is 0 Å². The van der Waals surface area contributed by atoms with Gasteiger partial charge < -0.3 is 20.4 Å². The average molecular weight is 248 g/mol. The summed E-state index contributed by atoms with van der Waals surface area (Å²) in [5.74, 6) is -0.830. The summed E-state index contributed by atoms with van der Waals surface area (Å²) >= 11 is 0. The van der Waals surface area contributed by atoms with E-state index >= 15 is 0 Å². The van der Waals surface area contributed by atoms with Gasteiger partial charge in [0, 0.05) is 12.1 Å². The van der Waals surface area contributed by atoms with Gasteiger partial charge >= 0.3 is 0 Å². The summed E-state index contributed by atoms with van der Waals surface area (Å²) in [6.07, 6.45) is 0.310. The molecule has 18 heavy (non-hydrogen) atoms. The Kier molecular flexibility index (Phi) is 4.57. The second-order valence-electron chi connectivity index (χ2n) is 3.35. The molecule has 0 heterocycles. The SMILES string of the molecule is O=Cc1c(O)cc(O)cc1O.Oc1ccccc1. The Labute approximate surface area is 103 Å². The van der Waals surface area contributed by atoms with Gasteiger partial charge in [0.05, 0.1) is 5.56 Å². The molecular formula is C13H12O5. The molecule has 2 rings (SSSR count). The number of phenolic OH excluding ortho intramolecular Hbond substituents is 4. The van der Waals surface area contributed by atoms with Crippen LogP contribution < -0.4 is 0 Å². The van der Waals surface area contributed by atoms with Gasteiger partial charge in [-0.3, -0.25) is 4.79 Å². The number of carbonyl (C=O) groups excluding carboxylic acids is 1. The molecule has 0 atom stereocenters. The van der Waals surface area contributed by atoms with Crippen molar-refractivity contribution >= 4 is 6.29 Å². The van der Waals surface area contributed by atoms with Crippen LogP contribution in [0.4, 0.5) is 0 Å². The third-order valence-corrected chi connectivity index (χ3v) is 2.00. The lowest BCUT2D eigenvalue weighted by molar-refractivity contribution is 0.111. The standard InChI is InChI=1S/C7H6O4.C6H6O/c8-3-5-6(10)1-4(9)2-7(5)11;7-6-4-2-1-3-5-6/h1-3,9-11H;1-5,7H. The topological polar surface area (TPSA) is 98.0 Å². The molecule has 94 valence electrons. The van der Waals surface area contributed by atoms with Crippen LogP contribution in [0.25, 0.3) is 0 Å². The molecule has 0 amide bonds. The molecule has 0 bridgehead atoms. The fraction of sp³-hybridized carbons (Fsp3) is 0. The third-order valence-electron chi connectivity index (χ3n) is 2.00. The van der Waals surface area contributed by atoms with Crippen LogP contribution in [0.2, 0.25) is 0 Å². The van der Waals surface area contributed by atoms with Gasteiger partial charge in [-0.2, -0.15) is 0 Å². The molecule has 0 aliphatic carbocycles. The fourth-order valence-electron chi connectivity index (χ4n) is 1.16. The van der Waals surface area contributed by atoms with Crippen LogP contribution in [0.15, 0.2) is 42.5 Å². The Balaban J connectivity index is 0.000000199. The first-order valence-electron chi connectivity index (χ1n) is 4.98. The molecule has 5 nitrogen and oxygen atoms in total. The lowest BCUT2D eigenvalue weighted by Gasteiger charge is -2.00. The van der Waals surface area contributed by atoms with Crippen molar-refractivity contribution in [2.45, 2.75) is 0 Å². The minimum Gasteiger partial charge on any atom is -0.508 e. The van der Waals surface area contributed by atoms with Crippen LogP contribution in [0.1, 0.15) is 10.4 Å². The molecule has 0 aliphatic rings. The van der Waals surface area contributed by atoms with Gasteiger partial charge in [-0.25, -0.2) is 0 Å². The Hall–Kier alpha value is -2.69. The molecule has 0 spiro atoms. The van der Waals surface area contributed by atoms with E-state index in [9.17, 15) is 4.79 Å². The smallest absolute Gasteiger partial charge is 0.157 e. The van der Waals surface area contributed by atoms with Crippen molar-refractivity contribution < 1.29 is 25.2 Å². The lowest BCUT2D eigenvalue weighted by Crippen LogP contribution is -1.81. The Morgan fingerprint density at radius 3 is 1.61 bits per heavy atom. The Bertz CT molecular complexity index is 499. The molecule has 0 fully saturated rings. The van der Waals surface area contributed by atoms with Crippen LogP contribution in [0.5, 0.6) is 23.0 Å². The highest BCUT2D eigenvalue weighted by molar-refractivity contribution is 5.83. The van der Waals surface area contributed by atoms with Gasteiger partial charge in [0.15, 0.2) is 6.29 Å². The summed E-state index contributed by atoms with van der Waals surface area (Å²) in [7, 11) is 0. The van der Waals surface area contributed by atoms with Crippen LogP contribution in [0, 0.1) is 0 Å². The number of aldehydes is 1. The van der Waals surface area contributed by atoms with Crippen molar-refractivity contribution in [1.82, 2.24) is 0 Å². The minimum absolute atomic E-state index is 0.220. The summed E-state index contributed by atoms with van der Waals surface area (Å²) in [6.45, 7) is 0. The highest BCUT2D eigenvalue weighted by atomic mass is 16.3. The van der Waals surface area contributed by atoms with E-state index in [4.69, 9.17) is 20.4 Å². The average Bonchev–Trinajstić information content (AvgIpc) is 2.30. The maximum atomic E-state index is 10.2. The predicted molar refractivity (Wildman–Crippen MR) is 64.9 cm³/mol. The quantitative estimate of drug-likeness (QED) is 0.579. The monoisotopic (exact) mass is 248 g/mol. The molecule has 0 unspecified atom stereocenters. The number of hydrogen-bond acceptors (Lipinski definition) is 5. The van der Waals surface area contributed by atoms with Crippen LogP contribution >= 0.6 is 0 Å². The third kappa shape index (κ3) is 3.71. The number of para-hydroxylation sites is 1. The van der Waals surface area contributed by atoms with E-state index in [-0.39, 0.29) is 11.3 Å². The van der Waals surface area contributed by atoms with E-state index in [0.717, 1.165) is 12.1 Å². The number of hydrogen-bond donors (Lipinski definition) is 4. The van der Waals surface area contributed by atoms with Crippen molar-refractivity contribution in [3.05, 3.63) is 48.0 Å². The number of rotatable bonds is 1. The van der Waals surface area contributed by atoms with E-state index < -0.39 is 11.5 Å². The van der Waals surface area contributed by atoms with E-state index in [1.165, 1.54) is 0 Å². The van der Waals surface area contributed by atoms with E-state index in [1.807, 2.05) is 6.07 Å². The normalized spacial score (nSPS) is 9.11. The van der Waals surface area contributed by atoms with Gasteiger partial charge in [-0.05, 0) is 12.1 Å². The largest absolute Gasteiger partial charge is 0.508 e. The van der Waals surface area contributed by atoms with Crippen LogP contribution in [0.3, 0.4) is 0 Å². The maximum Gasteiger partial charge on any atom is 0.157 e. The second kappa shape index (κ2) is 6.15. The zero-order valence-corrected chi connectivity index (χ0v) is 9.32. The molecule has 2 aromatic rings. The zero-order valence-electron chi connectivity index (χ0n) is 9.32. The summed E-state index contributed by atoms with van der Waals surface area (Å²) in [5, 5.41) is 35.3. The van der Waals surface area contributed by atoms with Crippen molar-refractivity contribution in [2.24, 2.45) is 0 Å². The van der Waals surface area contributed by atoms with E-state index in [1.54, 1.807) is 24.3 Å². The number of benzene rings is 2. The maximum absolute atomic E-state index is 10.2. The van der Waals surface area contributed by atoms with Crippen LogP contribution in [-0.2, 0) is 0 Å². The molecule has 0 saturated heterocycles. The fourth-order valence-corrected chi connectivity index (χ4v) is 1.16. The highest BCUT2D eigenvalue weighted by Gasteiger charge is 2.07. The number of aromatic hydroxyl groups is 4. The van der Waals surface area contributed by atoms with E-state index in [0.29, 0.717) is 12.0 Å². The molecule has 0 radical (unpaired) electrons. The van der Waals surface area contributed by atoms with Crippen molar-refractivity contribution in [1.29, 1.82) is 0 Å². The zero-order chi connectivity index (χ0) is 13.5. The molecule has 2 aromatic carbocycles. The molecule has 0 aromatic heterocycles. The minimum atomic E-state index is -0.433. The first-order chi connectivity index (χ1) is 8.54. The molecule has 5 heteroatoms. The Morgan fingerprint density at radius 2 is 1.28 bits per heavy atom. The predicted octanol–water partition coefficient (Wildman–Crippen LogP) is 2.01.